The number of hydrogen-bond donors (Lipinski definition) is 1. The first kappa shape index (κ1) is 11.7. The Balaban J connectivity index is 2.17. The molecule has 2 heterocycles. The summed E-state index contributed by atoms with van der Waals surface area (Å²) in [4.78, 5) is 3.36. The molecule has 4 nitrogen and oxygen atoms in total. The van der Waals surface area contributed by atoms with E-state index in [4.69, 9.17) is 0 Å². The van der Waals surface area contributed by atoms with Gasteiger partial charge in [-0.1, -0.05) is 18.2 Å². The average molecular weight is 264 g/mol. The van der Waals surface area contributed by atoms with Crippen molar-refractivity contribution in [2.45, 2.75) is 19.4 Å². The van der Waals surface area contributed by atoms with Gasteiger partial charge in [-0.15, -0.1) is 0 Å². The quantitative estimate of drug-likeness (QED) is 0.857. The van der Waals surface area contributed by atoms with E-state index in [2.05, 4.69) is 11.1 Å². The van der Waals surface area contributed by atoms with E-state index in [-0.39, 0.29) is 6.04 Å². The maximum atomic E-state index is 11.7. The Kier molecular flexibility index (Phi) is 2.50. The number of nitrogens with one attached hydrogen (secondary N) is 1. The van der Waals surface area contributed by atoms with Gasteiger partial charge < -0.3 is 4.98 Å². The van der Waals surface area contributed by atoms with Crippen molar-refractivity contribution < 1.29 is 8.42 Å². The van der Waals surface area contributed by atoms with Crippen LogP contribution in [-0.4, -0.2) is 30.5 Å². The van der Waals surface area contributed by atoms with Gasteiger partial charge in [-0.3, -0.25) is 0 Å². The van der Waals surface area contributed by atoms with Crippen LogP contribution in [0.2, 0.25) is 0 Å². The Hall–Kier alpha value is -1.33. The zero-order valence-corrected chi connectivity index (χ0v) is 11.3. The Morgan fingerprint density at radius 2 is 2.06 bits per heavy atom. The first-order valence-corrected chi connectivity index (χ1v) is 7.89. The summed E-state index contributed by atoms with van der Waals surface area (Å²) >= 11 is 0. The number of aromatic nitrogens is 1. The van der Waals surface area contributed by atoms with Crippen molar-refractivity contribution in [3.8, 4) is 0 Å². The highest BCUT2D eigenvalue weighted by molar-refractivity contribution is 7.88. The van der Waals surface area contributed by atoms with Crippen molar-refractivity contribution in [1.29, 1.82) is 0 Å². The lowest BCUT2D eigenvalue weighted by molar-refractivity contribution is 0.325. The molecule has 18 heavy (non-hydrogen) atoms. The molecule has 1 N–H and O–H groups in total. The van der Waals surface area contributed by atoms with E-state index >= 15 is 0 Å². The first-order valence-electron chi connectivity index (χ1n) is 6.05. The minimum absolute atomic E-state index is 0.115. The van der Waals surface area contributed by atoms with E-state index < -0.39 is 10.0 Å². The van der Waals surface area contributed by atoms with Crippen LogP contribution in [-0.2, 0) is 16.4 Å². The Morgan fingerprint density at radius 1 is 1.33 bits per heavy atom. The predicted octanol–water partition coefficient (Wildman–Crippen LogP) is 2.05. The summed E-state index contributed by atoms with van der Waals surface area (Å²) in [5.41, 5.74) is 3.38. The third kappa shape index (κ3) is 1.66. The number of fused-ring (bicyclic) bond motifs is 3. The van der Waals surface area contributed by atoms with E-state index in [1.807, 2.05) is 25.1 Å². The monoisotopic (exact) mass is 264 g/mol. The third-order valence-corrected chi connectivity index (χ3v) is 5.06. The fourth-order valence-corrected chi connectivity index (χ4v) is 3.96. The normalized spacial score (nSPS) is 21.1. The topological polar surface area (TPSA) is 53.2 Å². The number of hydrogen-bond acceptors (Lipinski definition) is 2. The smallest absolute Gasteiger partial charge is 0.211 e. The molecule has 0 spiro atoms. The zero-order chi connectivity index (χ0) is 12.9. The maximum absolute atomic E-state index is 11.7. The summed E-state index contributed by atoms with van der Waals surface area (Å²) in [6.45, 7) is 2.50. The number of H-pyrrole nitrogens is 1. The fraction of sp³-hybridized carbons (Fsp3) is 0.385. The molecular weight excluding hydrogens is 248 g/mol. The standard InChI is InChI=1S/C13H16N2O2S/c1-9-13-11(7-8-15(9)18(2,16)17)10-5-3-4-6-12(10)14-13/h3-6,9,14H,7-8H2,1-2H3/t9-/m1/s1. The number of nitrogens with zero attached hydrogens (tertiary/aromatic N) is 1. The van der Waals surface area contributed by atoms with Gasteiger partial charge in [0.25, 0.3) is 0 Å². The predicted molar refractivity (Wildman–Crippen MR) is 72.0 cm³/mol. The van der Waals surface area contributed by atoms with Gasteiger partial charge in [-0.25, -0.2) is 8.42 Å². The molecule has 1 aliphatic rings. The Labute approximate surface area is 107 Å². The highest BCUT2D eigenvalue weighted by Crippen LogP contribution is 2.35. The molecule has 0 aliphatic carbocycles. The van der Waals surface area contributed by atoms with Crippen molar-refractivity contribution in [1.82, 2.24) is 9.29 Å². The molecule has 2 aromatic rings. The minimum Gasteiger partial charge on any atom is -0.357 e. The lowest BCUT2D eigenvalue weighted by Gasteiger charge is -2.31. The van der Waals surface area contributed by atoms with Gasteiger partial charge in [-0.05, 0) is 25.0 Å². The van der Waals surface area contributed by atoms with Gasteiger partial charge in [0.2, 0.25) is 10.0 Å². The van der Waals surface area contributed by atoms with Gasteiger partial charge in [0.05, 0.1) is 12.3 Å². The molecule has 5 heteroatoms. The minimum atomic E-state index is -3.14. The molecule has 0 saturated heterocycles. The number of sulfonamides is 1. The maximum Gasteiger partial charge on any atom is 0.211 e. The molecule has 0 fully saturated rings. The molecule has 1 aliphatic heterocycles. The lowest BCUT2D eigenvalue weighted by atomic mass is 10.0. The largest absolute Gasteiger partial charge is 0.357 e. The first-order chi connectivity index (χ1) is 8.48. The van der Waals surface area contributed by atoms with Gasteiger partial charge in [0.1, 0.15) is 0 Å². The lowest BCUT2D eigenvalue weighted by Crippen LogP contribution is -2.38. The highest BCUT2D eigenvalue weighted by Gasteiger charge is 2.32. The van der Waals surface area contributed by atoms with Crippen molar-refractivity contribution in [2.24, 2.45) is 0 Å². The van der Waals surface area contributed by atoms with Crippen molar-refractivity contribution >= 4 is 20.9 Å². The van der Waals surface area contributed by atoms with Crippen molar-refractivity contribution in [3.05, 3.63) is 35.5 Å². The number of benzene rings is 1. The summed E-state index contributed by atoms with van der Waals surface area (Å²) in [6.07, 6.45) is 2.05. The van der Waals surface area contributed by atoms with Gasteiger partial charge in [0, 0.05) is 23.1 Å². The van der Waals surface area contributed by atoms with Crippen LogP contribution in [0.1, 0.15) is 24.2 Å². The summed E-state index contributed by atoms with van der Waals surface area (Å²) < 4.78 is 25.0. The number of rotatable bonds is 1. The van der Waals surface area contributed by atoms with Gasteiger partial charge >= 0.3 is 0 Å². The summed E-state index contributed by atoms with van der Waals surface area (Å²) in [6, 6.07) is 8.02. The number of aromatic amines is 1. The molecule has 0 amide bonds. The highest BCUT2D eigenvalue weighted by atomic mass is 32.2. The van der Waals surface area contributed by atoms with Crippen LogP contribution in [0.5, 0.6) is 0 Å². The molecule has 96 valence electrons. The van der Waals surface area contributed by atoms with Crippen LogP contribution in [0.15, 0.2) is 24.3 Å². The van der Waals surface area contributed by atoms with E-state index in [1.54, 1.807) is 4.31 Å². The second kappa shape index (κ2) is 3.83. The molecule has 0 unspecified atom stereocenters. The van der Waals surface area contributed by atoms with Crippen molar-refractivity contribution in [3.63, 3.8) is 0 Å². The van der Waals surface area contributed by atoms with Gasteiger partial charge in [0.15, 0.2) is 0 Å². The molecule has 0 saturated carbocycles. The van der Waals surface area contributed by atoms with Crippen LogP contribution >= 0.6 is 0 Å². The molecule has 3 rings (SSSR count). The van der Waals surface area contributed by atoms with Crippen LogP contribution in [0.25, 0.3) is 10.9 Å². The second-order valence-electron chi connectivity index (χ2n) is 4.86. The molecule has 1 atom stereocenters. The Morgan fingerprint density at radius 3 is 2.78 bits per heavy atom. The van der Waals surface area contributed by atoms with E-state index in [9.17, 15) is 8.42 Å². The van der Waals surface area contributed by atoms with Crippen LogP contribution in [0, 0.1) is 0 Å². The average Bonchev–Trinajstić information content (AvgIpc) is 2.68. The van der Waals surface area contributed by atoms with E-state index in [1.165, 1.54) is 17.2 Å². The Bertz CT molecular complexity index is 703. The summed E-state index contributed by atoms with van der Waals surface area (Å²) in [5.74, 6) is 0. The van der Waals surface area contributed by atoms with E-state index in [0.29, 0.717) is 6.54 Å². The van der Waals surface area contributed by atoms with Crippen LogP contribution in [0.4, 0.5) is 0 Å². The zero-order valence-electron chi connectivity index (χ0n) is 10.5. The molecule has 0 radical (unpaired) electrons. The van der Waals surface area contributed by atoms with Crippen LogP contribution < -0.4 is 0 Å². The summed E-state index contributed by atoms with van der Waals surface area (Å²) in [5, 5.41) is 1.22. The molecule has 1 aromatic carbocycles. The molecule has 1 aromatic heterocycles. The van der Waals surface area contributed by atoms with Crippen LogP contribution in [0.3, 0.4) is 0 Å². The van der Waals surface area contributed by atoms with Gasteiger partial charge in [-0.2, -0.15) is 4.31 Å². The number of para-hydroxylation sites is 1. The summed E-state index contributed by atoms with van der Waals surface area (Å²) in [7, 11) is -3.14. The molecular formula is C13H16N2O2S. The third-order valence-electron chi connectivity index (χ3n) is 3.70. The van der Waals surface area contributed by atoms with Crippen molar-refractivity contribution in [2.75, 3.05) is 12.8 Å². The molecule has 0 bridgehead atoms. The fourth-order valence-electron chi connectivity index (χ4n) is 2.86. The van der Waals surface area contributed by atoms with E-state index in [0.717, 1.165) is 17.6 Å². The SMILES string of the molecule is C[C@@H]1c2[nH]c3ccccc3c2CCN1S(C)(=O)=O. The second-order valence-corrected chi connectivity index (χ2v) is 6.80.